The molecule has 0 radical (unpaired) electrons. The summed E-state index contributed by atoms with van der Waals surface area (Å²) in [5, 5.41) is 3.36. The highest BCUT2D eigenvalue weighted by molar-refractivity contribution is 6.18. The monoisotopic (exact) mass is 297 g/mol. The minimum atomic E-state index is -0.193. The zero-order valence-corrected chi connectivity index (χ0v) is 13.3. The van der Waals surface area contributed by atoms with Crippen molar-refractivity contribution in [3.8, 4) is 0 Å². The van der Waals surface area contributed by atoms with Crippen LogP contribution < -0.4 is 10.9 Å². The molecule has 0 amide bonds. The number of rotatable bonds is 4. The SMILES string of the molecule is CC1CCCC(CCl)(Nc2nccn(C(C)C)c2=O)C1. The van der Waals surface area contributed by atoms with Gasteiger partial charge in [-0.05, 0) is 32.6 Å². The van der Waals surface area contributed by atoms with Crippen molar-refractivity contribution >= 4 is 17.4 Å². The first-order chi connectivity index (χ1) is 9.47. The van der Waals surface area contributed by atoms with E-state index < -0.39 is 0 Å². The van der Waals surface area contributed by atoms with E-state index in [2.05, 4.69) is 17.2 Å². The van der Waals surface area contributed by atoms with Crippen LogP contribution in [0.2, 0.25) is 0 Å². The molecule has 1 heterocycles. The lowest BCUT2D eigenvalue weighted by molar-refractivity contribution is 0.278. The minimum Gasteiger partial charge on any atom is -0.359 e. The van der Waals surface area contributed by atoms with Gasteiger partial charge >= 0.3 is 0 Å². The smallest absolute Gasteiger partial charge is 0.293 e. The summed E-state index contributed by atoms with van der Waals surface area (Å²) >= 11 is 6.21. The van der Waals surface area contributed by atoms with Gasteiger partial charge in [0.1, 0.15) is 0 Å². The van der Waals surface area contributed by atoms with Crippen molar-refractivity contribution < 1.29 is 0 Å². The summed E-state index contributed by atoms with van der Waals surface area (Å²) in [5.41, 5.74) is -0.258. The summed E-state index contributed by atoms with van der Waals surface area (Å²) in [4.78, 5) is 16.6. The largest absolute Gasteiger partial charge is 0.359 e. The molecule has 2 rings (SSSR count). The summed E-state index contributed by atoms with van der Waals surface area (Å²) in [5.74, 6) is 1.57. The minimum absolute atomic E-state index is 0.0646. The Kier molecular flexibility index (Phi) is 4.74. The lowest BCUT2D eigenvalue weighted by Crippen LogP contribution is -2.46. The highest BCUT2D eigenvalue weighted by atomic mass is 35.5. The van der Waals surface area contributed by atoms with E-state index in [-0.39, 0.29) is 17.1 Å². The summed E-state index contributed by atoms with van der Waals surface area (Å²) in [7, 11) is 0. The summed E-state index contributed by atoms with van der Waals surface area (Å²) in [6, 6.07) is 0.128. The topological polar surface area (TPSA) is 46.9 Å². The lowest BCUT2D eigenvalue weighted by Gasteiger charge is -2.39. The molecular weight excluding hydrogens is 274 g/mol. The number of hydrogen-bond acceptors (Lipinski definition) is 3. The standard InChI is InChI=1S/C15H24ClN3O/c1-11(2)19-8-7-17-13(14(19)20)18-15(10-16)6-4-5-12(3)9-15/h7-8,11-12H,4-6,9-10H2,1-3H3,(H,17,18). The van der Waals surface area contributed by atoms with Gasteiger partial charge in [0, 0.05) is 24.3 Å². The van der Waals surface area contributed by atoms with Crippen molar-refractivity contribution in [2.24, 2.45) is 5.92 Å². The second-order valence-corrected chi connectivity index (χ2v) is 6.59. The van der Waals surface area contributed by atoms with Crippen molar-refractivity contribution in [1.82, 2.24) is 9.55 Å². The Labute approximate surface area is 125 Å². The van der Waals surface area contributed by atoms with Gasteiger partial charge in [-0.3, -0.25) is 4.79 Å². The predicted molar refractivity (Wildman–Crippen MR) is 83.6 cm³/mol. The quantitative estimate of drug-likeness (QED) is 0.866. The molecule has 4 nitrogen and oxygen atoms in total. The molecule has 0 aliphatic heterocycles. The van der Waals surface area contributed by atoms with E-state index in [1.54, 1.807) is 17.0 Å². The first kappa shape index (κ1) is 15.4. The maximum Gasteiger partial charge on any atom is 0.293 e. The zero-order chi connectivity index (χ0) is 14.8. The van der Waals surface area contributed by atoms with E-state index in [1.807, 2.05) is 13.8 Å². The fraction of sp³-hybridized carbons (Fsp3) is 0.733. The average Bonchev–Trinajstić information content (AvgIpc) is 2.41. The first-order valence-electron chi connectivity index (χ1n) is 7.39. The van der Waals surface area contributed by atoms with Gasteiger partial charge in [0.05, 0.1) is 5.54 Å². The maximum atomic E-state index is 12.4. The highest BCUT2D eigenvalue weighted by Crippen LogP contribution is 2.35. The van der Waals surface area contributed by atoms with Crippen molar-refractivity contribution in [2.75, 3.05) is 11.2 Å². The third-order valence-electron chi connectivity index (χ3n) is 4.16. The van der Waals surface area contributed by atoms with Crippen molar-refractivity contribution in [3.05, 3.63) is 22.7 Å². The molecule has 1 aliphatic carbocycles. The van der Waals surface area contributed by atoms with Gasteiger partial charge in [0.25, 0.3) is 5.56 Å². The third-order valence-corrected chi connectivity index (χ3v) is 4.67. The van der Waals surface area contributed by atoms with Crippen molar-refractivity contribution in [1.29, 1.82) is 0 Å². The van der Waals surface area contributed by atoms with Crippen LogP contribution in [0.1, 0.15) is 52.5 Å². The van der Waals surface area contributed by atoms with Crippen LogP contribution in [0.25, 0.3) is 0 Å². The fourth-order valence-corrected chi connectivity index (χ4v) is 3.41. The van der Waals surface area contributed by atoms with Gasteiger partial charge in [0.15, 0.2) is 5.82 Å². The van der Waals surface area contributed by atoms with E-state index in [9.17, 15) is 4.79 Å². The first-order valence-corrected chi connectivity index (χ1v) is 7.92. The third kappa shape index (κ3) is 3.17. The van der Waals surface area contributed by atoms with E-state index >= 15 is 0 Å². The molecule has 2 unspecified atom stereocenters. The molecule has 112 valence electrons. The molecule has 1 aromatic heterocycles. The summed E-state index contributed by atoms with van der Waals surface area (Å²) in [6.07, 6.45) is 7.78. The molecule has 5 heteroatoms. The number of halogens is 1. The fourth-order valence-electron chi connectivity index (χ4n) is 3.10. The number of hydrogen-bond donors (Lipinski definition) is 1. The molecule has 0 spiro atoms. The number of nitrogens with zero attached hydrogens (tertiary/aromatic N) is 2. The molecule has 1 fully saturated rings. The van der Waals surface area contributed by atoms with Gasteiger partial charge < -0.3 is 9.88 Å². The van der Waals surface area contributed by atoms with E-state index in [0.717, 1.165) is 19.3 Å². The Balaban J connectivity index is 2.28. The van der Waals surface area contributed by atoms with E-state index in [0.29, 0.717) is 17.6 Å². The Morgan fingerprint density at radius 2 is 2.35 bits per heavy atom. The van der Waals surface area contributed by atoms with Gasteiger partial charge in [-0.2, -0.15) is 0 Å². The second kappa shape index (κ2) is 6.17. The predicted octanol–water partition coefficient (Wildman–Crippen LogP) is 3.42. The van der Waals surface area contributed by atoms with Crippen LogP contribution in [-0.4, -0.2) is 21.0 Å². The number of aromatic nitrogens is 2. The van der Waals surface area contributed by atoms with Crippen LogP contribution in [0.3, 0.4) is 0 Å². The lowest BCUT2D eigenvalue weighted by atomic mass is 9.77. The van der Waals surface area contributed by atoms with Crippen LogP contribution in [0.4, 0.5) is 5.82 Å². The Morgan fingerprint density at radius 3 is 2.95 bits per heavy atom. The van der Waals surface area contributed by atoms with Crippen LogP contribution in [-0.2, 0) is 0 Å². The Morgan fingerprint density at radius 1 is 1.60 bits per heavy atom. The average molecular weight is 298 g/mol. The molecule has 0 saturated heterocycles. The van der Waals surface area contributed by atoms with Gasteiger partial charge in [-0.15, -0.1) is 11.6 Å². The molecule has 1 aliphatic rings. The number of anilines is 1. The molecular formula is C15H24ClN3O. The normalized spacial score (nSPS) is 26.8. The second-order valence-electron chi connectivity index (χ2n) is 6.32. The van der Waals surface area contributed by atoms with Gasteiger partial charge in [-0.1, -0.05) is 19.8 Å². The zero-order valence-electron chi connectivity index (χ0n) is 12.5. The summed E-state index contributed by atoms with van der Waals surface area (Å²) in [6.45, 7) is 6.23. The van der Waals surface area contributed by atoms with Crippen LogP contribution in [0.15, 0.2) is 17.2 Å². The van der Waals surface area contributed by atoms with Crippen LogP contribution in [0.5, 0.6) is 0 Å². The van der Waals surface area contributed by atoms with Crippen molar-refractivity contribution in [3.63, 3.8) is 0 Å². The molecule has 20 heavy (non-hydrogen) atoms. The van der Waals surface area contributed by atoms with Crippen LogP contribution >= 0.6 is 11.6 Å². The van der Waals surface area contributed by atoms with Crippen LogP contribution in [0, 0.1) is 5.92 Å². The Hall–Kier alpha value is -1.03. The molecule has 2 atom stereocenters. The number of alkyl halides is 1. The molecule has 0 bridgehead atoms. The van der Waals surface area contributed by atoms with Gasteiger partial charge in [0.2, 0.25) is 0 Å². The highest BCUT2D eigenvalue weighted by Gasteiger charge is 2.35. The number of nitrogens with one attached hydrogen (secondary N) is 1. The van der Waals surface area contributed by atoms with Crippen molar-refractivity contribution in [2.45, 2.75) is 58.0 Å². The van der Waals surface area contributed by atoms with E-state index in [4.69, 9.17) is 11.6 Å². The molecule has 1 N–H and O–H groups in total. The maximum absolute atomic E-state index is 12.4. The summed E-state index contributed by atoms with van der Waals surface area (Å²) < 4.78 is 1.70. The molecule has 1 aromatic rings. The Bertz CT molecular complexity index is 514. The van der Waals surface area contributed by atoms with Gasteiger partial charge in [-0.25, -0.2) is 4.98 Å². The molecule has 1 saturated carbocycles. The molecule has 0 aromatic carbocycles. The van der Waals surface area contributed by atoms with E-state index in [1.165, 1.54) is 6.42 Å².